The second kappa shape index (κ2) is 5.92. The maximum Gasteiger partial charge on any atom is 0.255 e. The van der Waals surface area contributed by atoms with Gasteiger partial charge in [0.25, 0.3) is 5.91 Å². The number of amides is 1. The molecule has 0 aliphatic carbocycles. The van der Waals surface area contributed by atoms with Crippen LogP contribution in [0.15, 0.2) is 22.7 Å². The average Bonchev–Trinajstić information content (AvgIpc) is 2.40. The van der Waals surface area contributed by atoms with E-state index < -0.39 is 0 Å². The first-order chi connectivity index (χ1) is 9.02. The van der Waals surface area contributed by atoms with Crippen molar-refractivity contribution < 1.29 is 4.79 Å². The van der Waals surface area contributed by atoms with E-state index in [0.717, 1.165) is 30.7 Å². The van der Waals surface area contributed by atoms with Crippen molar-refractivity contribution in [3.8, 4) is 0 Å². The van der Waals surface area contributed by atoms with Gasteiger partial charge in [-0.25, -0.2) is 0 Å². The zero-order valence-electron chi connectivity index (χ0n) is 11.4. The minimum atomic E-state index is 0.0572. The molecule has 4 nitrogen and oxygen atoms in total. The zero-order chi connectivity index (χ0) is 14.0. The van der Waals surface area contributed by atoms with E-state index in [0.29, 0.717) is 17.3 Å². The van der Waals surface area contributed by atoms with Crippen LogP contribution >= 0.6 is 15.9 Å². The van der Waals surface area contributed by atoms with Crippen LogP contribution in [0.4, 0.5) is 5.69 Å². The monoisotopic (exact) mass is 325 g/mol. The fourth-order valence-electron chi connectivity index (χ4n) is 2.53. The number of nitrogens with two attached hydrogens (primary N) is 1. The van der Waals surface area contributed by atoms with Gasteiger partial charge < -0.3 is 10.6 Å². The summed E-state index contributed by atoms with van der Waals surface area (Å²) in [5, 5.41) is 0. The summed E-state index contributed by atoms with van der Waals surface area (Å²) in [6, 6.07) is 5.76. The minimum Gasteiger partial charge on any atom is -0.399 e. The van der Waals surface area contributed by atoms with E-state index in [1.54, 1.807) is 12.1 Å². The molecule has 2 N–H and O–H groups in total. The molecule has 1 saturated heterocycles. The summed E-state index contributed by atoms with van der Waals surface area (Å²) < 4.78 is 0.803. The molecule has 1 aromatic carbocycles. The van der Waals surface area contributed by atoms with E-state index in [1.807, 2.05) is 11.0 Å². The topological polar surface area (TPSA) is 49.6 Å². The smallest absolute Gasteiger partial charge is 0.255 e. The van der Waals surface area contributed by atoms with Crippen LogP contribution in [-0.4, -0.2) is 47.9 Å². The van der Waals surface area contributed by atoms with Crippen LogP contribution in [-0.2, 0) is 0 Å². The number of piperazine rings is 1. The molecular formula is C14H20BrN3O. The van der Waals surface area contributed by atoms with E-state index in [1.165, 1.54) is 0 Å². The van der Waals surface area contributed by atoms with Crippen molar-refractivity contribution >= 4 is 27.5 Å². The third-order valence-corrected chi connectivity index (χ3v) is 4.37. The number of nitrogen functional groups attached to an aromatic ring is 1. The third-order valence-electron chi connectivity index (χ3n) is 3.68. The highest BCUT2D eigenvalue weighted by Crippen LogP contribution is 2.22. The molecule has 1 fully saturated rings. The van der Waals surface area contributed by atoms with Gasteiger partial charge in [-0.1, -0.05) is 6.92 Å². The number of hydrogen-bond acceptors (Lipinski definition) is 3. The predicted octanol–water partition coefficient (Wildman–Crippen LogP) is 2.20. The van der Waals surface area contributed by atoms with E-state index in [9.17, 15) is 4.79 Å². The number of carbonyl (C=O) groups excluding carboxylic acids is 1. The molecule has 0 aromatic heterocycles. The Morgan fingerprint density at radius 3 is 2.84 bits per heavy atom. The Kier molecular flexibility index (Phi) is 4.47. The Morgan fingerprint density at radius 2 is 2.21 bits per heavy atom. The zero-order valence-corrected chi connectivity index (χ0v) is 13.0. The number of hydrogen-bond donors (Lipinski definition) is 1. The Balaban J connectivity index is 2.14. The molecule has 1 unspecified atom stereocenters. The van der Waals surface area contributed by atoms with Crippen molar-refractivity contribution in [1.29, 1.82) is 0 Å². The van der Waals surface area contributed by atoms with E-state index >= 15 is 0 Å². The van der Waals surface area contributed by atoms with Crippen LogP contribution in [0.2, 0.25) is 0 Å². The molecular weight excluding hydrogens is 306 g/mol. The van der Waals surface area contributed by atoms with Gasteiger partial charge in [0.1, 0.15) is 0 Å². The van der Waals surface area contributed by atoms with Crippen LogP contribution in [0, 0.1) is 0 Å². The van der Waals surface area contributed by atoms with Crippen molar-refractivity contribution in [1.82, 2.24) is 9.80 Å². The highest BCUT2D eigenvalue weighted by molar-refractivity contribution is 9.10. The van der Waals surface area contributed by atoms with E-state index in [-0.39, 0.29) is 5.91 Å². The lowest BCUT2D eigenvalue weighted by Gasteiger charge is -2.39. The fourth-order valence-corrected chi connectivity index (χ4v) is 2.94. The molecule has 5 heteroatoms. The number of nitrogens with zero attached hydrogens (tertiary/aromatic N) is 2. The van der Waals surface area contributed by atoms with E-state index in [2.05, 4.69) is 34.7 Å². The Labute approximate surface area is 122 Å². The Hall–Kier alpha value is -1.07. The van der Waals surface area contributed by atoms with Gasteiger partial charge in [-0.05, 0) is 47.6 Å². The molecule has 1 aliphatic heterocycles. The highest BCUT2D eigenvalue weighted by Gasteiger charge is 2.27. The Morgan fingerprint density at radius 1 is 1.47 bits per heavy atom. The van der Waals surface area contributed by atoms with Crippen LogP contribution in [0.1, 0.15) is 24.2 Å². The number of benzene rings is 1. The third kappa shape index (κ3) is 3.09. The second-order valence-corrected chi connectivity index (χ2v) is 5.82. The molecule has 0 bridgehead atoms. The van der Waals surface area contributed by atoms with E-state index in [4.69, 9.17) is 5.73 Å². The second-order valence-electron chi connectivity index (χ2n) is 4.97. The average molecular weight is 326 g/mol. The first-order valence-electron chi connectivity index (χ1n) is 6.61. The number of anilines is 1. The van der Waals surface area contributed by atoms with Crippen LogP contribution in [0.25, 0.3) is 0 Å². The summed E-state index contributed by atoms with van der Waals surface area (Å²) in [6.45, 7) is 7.83. The van der Waals surface area contributed by atoms with Gasteiger partial charge in [0.15, 0.2) is 0 Å². The molecule has 0 radical (unpaired) electrons. The molecule has 0 saturated carbocycles. The Bertz CT molecular complexity index is 478. The van der Waals surface area contributed by atoms with Crippen molar-refractivity contribution in [3.05, 3.63) is 28.2 Å². The lowest BCUT2D eigenvalue weighted by Crippen LogP contribution is -2.53. The van der Waals surface area contributed by atoms with Crippen molar-refractivity contribution in [2.75, 3.05) is 31.9 Å². The molecule has 104 valence electrons. The van der Waals surface area contributed by atoms with Gasteiger partial charge in [0.05, 0.1) is 5.56 Å². The highest BCUT2D eigenvalue weighted by atomic mass is 79.9. The van der Waals surface area contributed by atoms with Crippen LogP contribution < -0.4 is 5.73 Å². The molecule has 1 atom stereocenters. The number of carbonyl (C=O) groups is 1. The van der Waals surface area contributed by atoms with Gasteiger partial charge in [-0.2, -0.15) is 0 Å². The van der Waals surface area contributed by atoms with Gasteiger partial charge in [0.2, 0.25) is 0 Å². The van der Waals surface area contributed by atoms with Gasteiger partial charge in [-0.15, -0.1) is 0 Å². The van der Waals surface area contributed by atoms with Gasteiger partial charge in [-0.3, -0.25) is 9.69 Å². The summed E-state index contributed by atoms with van der Waals surface area (Å²) >= 11 is 3.42. The first-order valence-corrected chi connectivity index (χ1v) is 7.40. The van der Waals surface area contributed by atoms with Gasteiger partial charge in [0, 0.05) is 35.8 Å². The lowest BCUT2D eigenvalue weighted by molar-refractivity contribution is 0.0527. The quantitative estimate of drug-likeness (QED) is 0.848. The predicted molar refractivity (Wildman–Crippen MR) is 81.2 cm³/mol. The molecule has 2 rings (SSSR count). The van der Waals surface area contributed by atoms with Crippen molar-refractivity contribution in [3.63, 3.8) is 0 Å². The molecule has 1 amide bonds. The summed E-state index contributed by atoms with van der Waals surface area (Å²) in [5.74, 6) is 0.0572. The molecule has 19 heavy (non-hydrogen) atoms. The summed E-state index contributed by atoms with van der Waals surface area (Å²) in [7, 11) is 0. The van der Waals surface area contributed by atoms with Crippen LogP contribution in [0.5, 0.6) is 0 Å². The molecule has 1 heterocycles. The van der Waals surface area contributed by atoms with Crippen LogP contribution in [0.3, 0.4) is 0 Å². The fraction of sp³-hybridized carbons (Fsp3) is 0.500. The summed E-state index contributed by atoms with van der Waals surface area (Å²) in [4.78, 5) is 16.8. The largest absolute Gasteiger partial charge is 0.399 e. The molecule has 0 spiro atoms. The normalized spacial score (nSPS) is 20.6. The standard InChI is InChI=1S/C14H20BrN3O/c1-3-17-6-7-18(9-10(17)2)14(19)12-8-11(16)4-5-13(12)15/h4-5,8,10H,3,6-7,9,16H2,1-2H3. The maximum absolute atomic E-state index is 12.5. The molecule has 1 aliphatic rings. The summed E-state index contributed by atoms with van der Waals surface area (Å²) in [6.07, 6.45) is 0. The first kappa shape index (κ1) is 14.3. The lowest BCUT2D eigenvalue weighted by atomic mass is 10.1. The molecule has 1 aromatic rings. The minimum absolute atomic E-state index is 0.0572. The maximum atomic E-state index is 12.5. The number of rotatable bonds is 2. The SMILES string of the molecule is CCN1CCN(C(=O)c2cc(N)ccc2Br)CC1C. The summed E-state index contributed by atoms with van der Waals surface area (Å²) in [5.41, 5.74) is 7.03. The van der Waals surface area contributed by atoms with Crippen molar-refractivity contribution in [2.45, 2.75) is 19.9 Å². The van der Waals surface area contributed by atoms with Crippen molar-refractivity contribution in [2.24, 2.45) is 0 Å². The number of halogens is 1. The van der Waals surface area contributed by atoms with Gasteiger partial charge >= 0.3 is 0 Å². The number of likely N-dealkylation sites (N-methyl/N-ethyl adjacent to an activating group) is 1.